The SMILES string of the molecule is CC1CNCCN1Cc1ccc(C(N)=O)cc1Cl. The normalized spacial score (nSPS) is 20.9. The standard InChI is InChI=1S/C13H18ClN3O/c1-9-7-16-4-5-17(9)8-11-3-2-10(13(15)18)6-12(11)14/h2-3,6,9,16H,4-5,7-8H2,1H3,(H2,15,18). The first-order valence-electron chi connectivity index (χ1n) is 6.11. The molecule has 1 saturated heterocycles. The van der Waals surface area contributed by atoms with Crippen LogP contribution in [0.25, 0.3) is 0 Å². The molecule has 0 spiro atoms. The highest BCUT2D eigenvalue weighted by Gasteiger charge is 2.18. The van der Waals surface area contributed by atoms with E-state index in [1.165, 1.54) is 0 Å². The number of hydrogen-bond donors (Lipinski definition) is 2. The molecule has 5 heteroatoms. The van der Waals surface area contributed by atoms with E-state index in [0.717, 1.165) is 31.7 Å². The van der Waals surface area contributed by atoms with E-state index >= 15 is 0 Å². The van der Waals surface area contributed by atoms with Crippen molar-refractivity contribution in [2.24, 2.45) is 5.73 Å². The van der Waals surface area contributed by atoms with E-state index in [2.05, 4.69) is 17.1 Å². The van der Waals surface area contributed by atoms with Gasteiger partial charge in [-0.3, -0.25) is 9.69 Å². The van der Waals surface area contributed by atoms with Crippen LogP contribution in [0.3, 0.4) is 0 Å². The van der Waals surface area contributed by atoms with E-state index in [9.17, 15) is 4.79 Å². The molecule has 0 bridgehead atoms. The maximum atomic E-state index is 11.1. The molecule has 98 valence electrons. The second-order valence-electron chi connectivity index (χ2n) is 4.69. The average molecular weight is 268 g/mol. The summed E-state index contributed by atoms with van der Waals surface area (Å²) in [5, 5.41) is 3.96. The van der Waals surface area contributed by atoms with Gasteiger partial charge in [0.25, 0.3) is 0 Å². The van der Waals surface area contributed by atoms with Crippen LogP contribution in [0.1, 0.15) is 22.8 Å². The maximum absolute atomic E-state index is 11.1. The fourth-order valence-corrected chi connectivity index (χ4v) is 2.41. The van der Waals surface area contributed by atoms with E-state index in [1.807, 2.05) is 6.07 Å². The number of nitrogens with two attached hydrogens (primary N) is 1. The van der Waals surface area contributed by atoms with Crippen molar-refractivity contribution < 1.29 is 4.79 Å². The van der Waals surface area contributed by atoms with Crippen molar-refractivity contribution in [3.63, 3.8) is 0 Å². The van der Waals surface area contributed by atoms with E-state index in [1.54, 1.807) is 12.1 Å². The van der Waals surface area contributed by atoms with Gasteiger partial charge in [-0.1, -0.05) is 17.7 Å². The summed E-state index contributed by atoms with van der Waals surface area (Å²) in [7, 11) is 0. The van der Waals surface area contributed by atoms with Crippen LogP contribution in [0, 0.1) is 0 Å². The van der Waals surface area contributed by atoms with Crippen LogP contribution in [-0.2, 0) is 6.54 Å². The van der Waals surface area contributed by atoms with Gasteiger partial charge < -0.3 is 11.1 Å². The van der Waals surface area contributed by atoms with Gasteiger partial charge in [0.15, 0.2) is 0 Å². The molecule has 1 unspecified atom stereocenters. The lowest BCUT2D eigenvalue weighted by atomic mass is 10.1. The maximum Gasteiger partial charge on any atom is 0.248 e. The van der Waals surface area contributed by atoms with Gasteiger partial charge in [0, 0.05) is 42.8 Å². The molecule has 0 saturated carbocycles. The first kappa shape index (κ1) is 13.3. The first-order chi connectivity index (χ1) is 8.58. The van der Waals surface area contributed by atoms with Crippen LogP contribution in [0.5, 0.6) is 0 Å². The van der Waals surface area contributed by atoms with Crippen LogP contribution in [0.15, 0.2) is 18.2 Å². The fourth-order valence-electron chi connectivity index (χ4n) is 2.17. The van der Waals surface area contributed by atoms with Crippen molar-refractivity contribution in [1.82, 2.24) is 10.2 Å². The van der Waals surface area contributed by atoms with E-state index < -0.39 is 5.91 Å². The van der Waals surface area contributed by atoms with Crippen LogP contribution >= 0.6 is 11.6 Å². The van der Waals surface area contributed by atoms with Crippen molar-refractivity contribution in [1.29, 1.82) is 0 Å². The number of hydrogen-bond acceptors (Lipinski definition) is 3. The lowest BCUT2D eigenvalue weighted by Gasteiger charge is -2.34. The molecule has 4 nitrogen and oxygen atoms in total. The molecule has 0 aromatic heterocycles. The summed E-state index contributed by atoms with van der Waals surface area (Å²) >= 11 is 6.19. The average Bonchev–Trinajstić information content (AvgIpc) is 2.34. The predicted molar refractivity (Wildman–Crippen MR) is 72.7 cm³/mol. The molecule has 3 N–H and O–H groups in total. The summed E-state index contributed by atoms with van der Waals surface area (Å²) < 4.78 is 0. The van der Waals surface area contributed by atoms with E-state index in [-0.39, 0.29) is 0 Å². The Morgan fingerprint density at radius 3 is 3.00 bits per heavy atom. The minimum Gasteiger partial charge on any atom is -0.366 e. The zero-order valence-electron chi connectivity index (χ0n) is 10.4. The molecule has 1 fully saturated rings. The number of nitrogens with zero attached hydrogens (tertiary/aromatic N) is 1. The van der Waals surface area contributed by atoms with E-state index in [4.69, 9.17) is 17.3 Å². The molecule has 1 atom stereocenters. The van der Waals surface area contributed by atoms with Gasteiger partial charge in [-0.15, -0.1) is 0 Å². The number of rotatable bonds is 3. The molecule has 0 radical (unpaired) electrons. The highest BCUT2D eigenvalue weighted by atomic mass is 35.5. The summed E-state index contributed by atoms with van der Waals surface area (Å²) in [6.45, 7) is 6.01. The highest BCUT2D eigenvalue weighted by molar-refractivity contribution is 6.31. The Bertz CT molecular complexity index is 450. The number of carbonyl (C=O) groups is 1. The summed E-state index contributed by atoms with van der Waals surface area (Å²) in [4.78, 5) is 13.4. The van der Waals surface area contributed by atoms with Crippen LogP contribution in [0.2, 0.25) is 5.02 Å². The largest absolute Gasteiger partial charge is 0.366 e. The van der Waals surface area contributed by atoms with E-state index in [0.29, 0.717) is 16.6 Å². The number of amides is 1. The van der Waals surface area contributed by atoms with Crippen molar-refractivity contribution in [3.05, 3.63) is 34.3 Å². The van der Waals surface area contributed by atoms with Crippen molar-refractivity contribution in [3.8, 4) is 0 Å². The van der Waals surface area contributed by atoms with Crippen LogP contribution in [0.4, 0.5) is 0 Å². The van der Waals surface area contributed by atoms with Crippen molar-refractivity contribution in [2.45, 2.75) is 19.5 Å². The number of piperazine rings is 1. The molecule has 1 amide bonds. The highest BCUT2D eigenvalue weighted by Crippen LogP contribution is 2.20. The topological polar surface area (TPSA) is 58.4 Å². The second kappa shape index (κ2) is 5.69. The molecule has 18 heavy (non-hydrogen) atoms. The molecule has 1 heterocycles. The third kappa shape index (κ3) is 3.02. The summed E-state index contributed by atoms with van der Waals surface area (Å²) in [6.07, 6.45) is 0. The van der Waals surface area contributed by atoms with Gasteiger partial charge in [-0.05, 0) is 24.6 Å². The predicted octanol–water partition coefficient (Wildman–Crippen LogP) is 1.23. The fraction of sp³-hybridized carbons (Fsp3) is 0.462. The lowest BCUT2D eigenvalue weighted by molar-refractivity contribution is 0.1000. The Morgan fingerprint density at radius 2 is 2.39 bits per heavy atom. The minimum atomic E-state index is -0.445. The van der Waals surface area contributed by atoms with Gasteiger partial charge in [-0.2, -0.15) is 0 Å². The van der Waals surface area contributed by atoms with Crippen LogP contribution in [-0.4, -0.2) is 36.5 Å². The molecule has 1 aliphatic heterocycles. The molecule has 1 aromatic rings. The van der Waals surface area contributed by atoms with Gasteiger partial charge in [-0.25, -0.2) is 0 Å². The second-order valence-corrected chi connectivity index (χ2v) is 5.10. The third-order valence-electron chi connectivity index (χ3n) is 3.35. The minimum absolute atomic E-state index is 0.445. The summed E-state index contributed by atoms with van der Waals surface area (Å²) in [5.74, 6) is -0.445. The molecular weight excluding hydrogens is 250 g/mol. The zero-order valence-corrected chi connectivity index (χ0v) is 11.2. The van der Waals surface area contributed by atoms with Gasteiger partial charge >= 0.3 is 0 Å². The monoisotopic (exact) mass is 267 g/mol. The summed E-state index contributed by atoms with van der Waals surface area (Å²) in [5.41, 5.74) is 6.72. The molecular formula is C13H18ClN3O. The Kier molecular flexibility index (Phi) is 4.22. The Labute approximate surface area is 112 Å². The lowest BCUT2D eigenvalue weighted by Crippen LogP contribution is -2.49. The Morgan fingerprint density at radius 1 is 1.61 bits per heavy atom. The smallest absolute Gasteiger partial charge is 0.248 e. The Balaban J connectivity index is 2.11. The van der Waals surface area contributed by atoms with Gasteiger partial charge in [0.1, 0.15) is 0 Å². The van der Waals surface area contributed by atoms with Crippen LogP contribution < -0.4 is 11.1 Å². The molecule has 2 rings (SSSR count). The molecule has 1 aliphatic rings. The first-order valence-corrected chi connectivity index (χ1v) is 6.48. The quantitative estimate of drug-likeness (QED) is 0.866. The number of halogens is 1. The number of benzene rings is 1. The molecule has 0 aliphatic carbocycles. The van der Waals surface area contributed by atoms with Gasteiger partial charge in [0.05, 0.1) is 0 Å². The van der Waals surface area contributed by atoms with Gasteiger partial charge in [0.2, 0.25) is 5.91 Å². The number of carbonyl (C=O) groups excluding carboxylic acids is 1. The number of nitrogens with one attached hydrogen (secondary N) is 1. The van der Waals surface area contributed by atoms with Crippen molar-refractivity contribution >= 4 is 17.5 Å². The zero-order chi connectivity index (χ0) is 13.1. The summed E-state index contributed by atoms with van der Waals surface area (Å²) in [6, 6.07) is 5.75. The third-order valence-corrected chi connectivity index (χ3v) is 3.70. The van der Waals surface area contributed by atoms with Crippen molar-refractivity contribution in [2.75, 3.05) is 19.6 Å². The molecule has 1 aromatic carbocycles. The number of primary amides is 1. The Hall–Kier alpha value is -1.10.